The minimum Gasteiger partial charge on any atom is -0.337 e. The van der Waals surface area contributed by atoms with Crippen LogP contribution < -0.4 is 0 Å². The summed E-state index contributed by atoms with van der Waals surface area (Å²) in [6, 6.07) is 0. The predicted octanol–water partition coefficient (Wildman–Crippen LogP) is 1.86. The van der Waals surface area contributed by atoms with Crippen LogP contribution in [-0.2, 0) is 6.54 Å². The average Bonchev–Trinajstić information content (AvgIpc) is 2.19. The molecule has 0 amide bonds. The summed E-state index contributed by atoms with van der Waals surface area (Å²) >= 11 is 3.32. The number of rotatable bonds is 2. The van der Waals surface area contributed by atoms with E-state index in [1.165, 1.54) is 0 Å². The molecule has 1 heterocycles. The fourth-order valence-electron chi connectivity index (χ4n) is 0.517. The van der Waals surface area contributed by atoms with E-state index in [0.717, 1.165) is 11.9 Å². The van der Waals surface area contributed by atoms with Gasteiger partial charge in [-0.25, -0.2) is 4.98 Å². The molecule has 52 valence electrons. The molecule has 1 aromatic heterocycles. The summed E-state index contributed by atoms with van der Waals surface area (Å²) in [5, 5.41) is 0.989. The van der Waals surface area contributed by atoms with Gasteiger partial charge in [-0.2, -0.15) is 0 Å². The van der Waals surface area contributed by atoms with Crippen molar-refractivity contribution in [1.29, 1.82) is 0 Å². The van der Waals surface area contributed by atoms with Gasteiger partial charge in [0.05, 0.1) is 6.33 Å². The fraction of sp³-hybridized carbons (Fsp3) is 0.400. The van der Waals surface area contributed by atoms with Crippen molar-refractivity contribution in [1.82, 2.24) is 9.55 Å². The molecule has 0 radical (unpaired) electrons. The smallest absolute Gasteiger partial charge is 0.0946 e. The third kappa shape index (κ3) is 3.01. The monoisotopic (exact) mass is 254 g/mol. The Morgan fingerprint density at radius 2 is 2.33 bits per heavy atom. The molecular formula is C5H8Br2N2. The Labute approximate surface area is 73.2 Å². The second-order valence-corrected chi connectivity index (χ2v) is 2.28. The standard InChI is InChI=1S/C5H7BrN2.BrH/c6-1-3-8-4-2-7-5-8;/h2,4-5H,1,3H2;1H. The van der Waals surface area contributed by atoms with Crippen molar-refractivity contribution in [2.24, 2.45) is 0 Å². The summed E-state index contributed by atoms with van der Waals surface area (Å²) < 4.78 is 2.02. The number of imidazole rings is 1. The van der Waals surface area contributed by atoms with Crippen molar-refractivity contribution in [3.8, 4) is 0 Å². The molecule has 0 aliphatic heterocycles. The maximum absolute atomic E-state index is 3.88. The number of alkyl halides is 1. The van der Waals surface area contributed by atoms with Crippen molar-refractivity contribution in [2.45, 2.75) is 6.54 Å². The van der Waals surface area contributed by atoms with E-state index in [1.807, 2.05) is 10.8 Å². The highest BCUT2D eigenvalue weighted by Gasteiger charge is 1.82. The predicted molar refractivity (Wildman–Crippen MR) is 46.3 cm³/mol. The van der Waals surface area contributed by atoms with Gasteiger partial charge in [0.2, 0.25) is 0 Å². The average molecular weight is 256 g/mol. The zero-order chi connectivity index (χ0) is 5.82. The SMILES string of the molecule is Br.BrCCn1ccnc1. The Morgan fingerprint density at radius 3 is 2.78 bits per heavy atom. The van der Waals surface area contributed by atoms with E-state index < -0.39 is 0 Å². The number of hydrogen-bond acceptors (Lipinski definition) is 1. The minimum absolute atomic E-state index is 0. The first-order chi connectivity index (χ1) is 3.93. The van der Waals surface area contributed by atoms with E-state index in [0.29, 0.717) is 0 Å². The molecule has 0 spiro atoms. The molecule has 0 N–H and O–H groups in total. The molecular weight excluding hydrogens is 248 g/mol. The van der Waals surface area contributed by atoms with Crippen molar-refractivity contribution >= 4 is 32.9 Å². The van der Waals surface area contributed by atoms with Gasteiger partial charge in [-0.15, -0.1) is 17.0 Å². The highest BCUT2D eigenvalue weighted by atomic mass is 79.9. The van der Waals surface area contributed by atoms with Crippen LogP contribution in [0.5, 0.6) is 0 Å². The van der Waals surface area contributed by atoms with Gasteiger partial charge in [0.25, 0.3) is 0 Å². The molecule has 0 aliphatic rings. The maximum Gasteiger partial charge on any atom is 0.0946 e. The number of aromatic nitrogens is 2. The lowest BCUT2D eigenvalue weighted by molar-refractivity contribution is 0.774. The van der Waals surface area contributed by atoms with Gasteiger partial charge in [0.1, 0.15) is 0 Å². The molecule has 0 saturated carbocycles. The molecule has 4 heteroatoms. The number of hydrogen-bond donors (Lipinski definition) is 0. The second kappa shape index (κ2) is 4.99. The molecule has 0 atom stereocenters. The molecule has 2 nitrogen and oxygen atoms in total. The van der Waals surface area contributed by atoms with E-state index in [-0.39, 0.29) is 17.0 Å². The first-order valence-corrected chi connectivity index (χ1v) is 3.57. The zero-order valence-electron chi connectivity index (χ0n) is 4.83. The van der Waals surface area contributed by atoms with E-state index in [4.69, 9.17) is 0 Å². The minimum atomic E-state index is 0. The summed E-state index contributed by atoms with van der Waals surface area (Å²) in [6.45, 7) is 1.00. The number of halogens is 2. The normalized spacial score (nSPS) is 8.56. The van der Waals surface area contributed by atoms with Crippen LogP contribution in [0.4, 0.5) is 0 Å². The Morgan fingerprint density at radius 1 is 1.56 bits per heavy atom. The summed E-state index contributed by atoms with van der Waals surface area (Å²) in [5.74, 6) is 0. The zero-order valence-corrected chi connectivity index (χ0v) is 8.13. The molecule has 1 rings (SSSR count). The molecule has 0 fully saturated rings. The maximum atomic E-state index is 3.88. The summed E-state index contributed by atoms with van der Waals surface area (Å²) in [4.78, 5) is 3.88. The molecule has 0 bridgehead atoms. The second-order valence-electron chi connectivity index (χ2n) is 1.49. The lowest BCUT2D eigenvalue weighted by Crippen LogP contribution is -1.93. The van der Waals surface area contributed by atoms with Gasteiger partial charge < -0.3 is 4.57 Å². The Balaban J connectivity index is 0.000000640. The third-order valence-electron chi connectivity index (χ3n) is 0.902. The first-order valence-electron chi connectivity index (χ1n) is 2.45. The van der Waals surface area contributed by atoms with Crippen LogP contribution in [0.25, 0.3) is 0 Å². The van der Waals surface area contributed by atoms with Crippen molar-refractivity contribution in [3.05, 3.63) is 18.7 Å². The Kier molecular flexibility index (Phi) is 5.09. The molecule has 0 aromatic carbocycles. The van der Waals surface area contributed by atoms with E-state index >= 15 is 0 Å². The Bertz CT molecular complexity index is 139. The van der Waals surface area contributed by atoms with Crippen LogP contribution >= 0.6 is 32.9 Å². The largest absolute Gasteiger partial charge is 0.337 e. The summed E-state index contributed by atoms with van der Waals surface area (Å²) in [7, 11) is 0. The quantitative estimate of drug-likeness (QED) is 0.738. The number of nitrogens with zero attached hydrogens (tertiary/aromatic N) is 2. The van der Waals surface area contributed by atoms with Crippen LogP contribution in [0.15, 0.2) is 18.7 Å². The van der Waals surface area contributed by atoms with E-state index in [1.54, 1.807) is 12.5 Å². The van der Waals surface area contributed by atoms with Crippen LogP contribution in [0, 0.1) is 0 Å². The summed E-state index contributed by atoms with van der Waals surface area (Å²) in [5.41, 5.74) is 0. The van der Waals surface area contributed by atoms with Crippen molar-refractivity contribution in [2.75, 3.05) is 5.33 Å². The lowest BCUT2D eigenvalue weighted by Gasteiger charge is -1.92. The molecule has 9 heavy (non-hydrogen) atoms. The molecule has 0 saturated heterocycles. The van der Waals surface area contributed by atoms with Gasteiger partial charge in [0.15, 0.2) is 0 Å². The highest BCUT2D eigenvalue weighted by molar-refractivity contribution is 9.09. The van der Waals surface area contributed by atoms with Crippen LogP contribution in [0.1, 0.15) is 0 Å². The van der Waals surface area contributed by atoms with Crippen LogP contribution in [-0.4, -0.2) is 14.9 Å². The van der Waals surface area contributed by atoms with Gasteiger partial charge in [0, 0.05) is 24.3 Å². The molecule has 1 aromatic rings. The first kappa shape index (κ1) is 9.17. The Hall–Kier alpha value is 0.170. The van der Waals surface area contributed by atoms with Gasteiger partial charge in [-0.3, -0.25) is 0 Å². The van der Waals surface area contributed by atoms with Gasteiger partial charge in [-0.1, -0.05) is 15.9 Å². The fourth-order valence-corrected chi connectivity index (χ4v) is 0.926. The van der Waals surface area contributed by atoms with Crippen molar-refractivity contribution in [3.63, 3.8) is 0 Å². The lowest BCUT2D eigenvalue weighted by atomic mass is 10.7. The van der Waals surface area contributed by atoms with E-state index in [9.17, 15) is 0 Å². The van der Waals surface area contributed by atoms with E-state index in [2.05, 4.69) is 20.9 Å². The van der Waals surface area contributed by atoms with Crippen molar-refractivity contribution < 1.29 is 0 Å². The highest BCUT2D eigenvalue weighted by Crippen LogP contribution is 1.87. The number of aryl methyl sites for hydroxylation is 1. The molecule has 0 aliphatic carbocycles. The topological polar surface area (TPSA) is 17.8 Å². The third-order valence-corrected chi connectivity index (χ3v) is 1.26. The van der Waals surface area contributed by atoms with Gasteiger partial charge in [-0.05, 0) is 0 Å². The van der Waals surface area contributed by atoms with Crippen LogP contribution in [0.3, 0.4) is 0 Å². The van der Waals surface area contributed by atoms with Gasteiger partial charge >= 0.3 is 0 Å². The molecule has 0 unspecified atom stereocenters. The van der Waals surface area contributed by atoms with Crippen LogP contribution in [0.2, 0.25) is 0 Å². The summed E-state index contributed by atoms with van der Waals surface area (Å²) in [6.07, 6.45) is 5.53.